The van der Waals surface area contributed by atoms with Crippen molar-refractivity contribution in [1.29, 1.82) is 5.26 Å². The van der Waals surface area contributed by atoms with Crippen LogP contribution in [-0.4, -0.2) is 5.91 Å². The minimum Gasteiger partial charge on any atom is -0.322 e. The van der Waals surface area contributed by atoms with E-state index in [1.807, 2.05) is 58.0 Å². The molecule has 3 heteroatoms. The summed E-state index contributed by atoms with van der Waals surface area (Å²) in [5, 5.41) is 12.1. The van der Waals surface area contributed by atoms with Crippen molar-refractivity contribution in [1.82, 2.24) is 0 Å². The normalized spacial score (nSPS) is 10.9. The zero-order valence-electron chi connectivity index (χ0n) is 13.4. The number of carbonyl (C=O) groups excluding carboxylic acids is 1. The maximum atomic E-state index is 12.4. The quantitative estimate of drug-likeness (QED) is 0.914. The summed E-state index contributed by atoms with van der Waals surface area (Å²) in [7, 11) is 0. The van der Waals surface area contributed by atoms with Gasteiger partial charge in [-0.3, -0.25) is 4.79 Å². The van der Waals surface area contributed by atoms with Crippen LogP contribution in [0.2, 0.25) is 0 Å². The summed E-state index contributed by atoms with van der Waals surface area (Å²) < 4.78 is 0. The van der Waals surface area contributed by atoms with Crippen molar-refractivity contribution in [3.05, 3.63) is 64.7 Å². The van der Waals surface area contributed by atoms with E-state index in [4.69, 9.17) is 0 Å². The van der Waals surface area contributed by atoms with Crippen LogP contribution in [0.1, 0.15) is 40.9 Å². The molecule has 0 bridgehead atoms. The van der Waals surface area contributed by atoms with Crippen LogP contribution in [0.4, 0.5) is 5.69 Å². The number of nitrogens with zero attached hydrogens (tertiary/aromatic N) is 1. The van der Waals surface area contributed by atoms with Crippen LogP contribution in [0.3, 0.4) is 0 Å². The lowest BCUT2D eigenvalue weighted by Gasteiger charge is -2.16. The van der Waals surface area contributed by atoms with Crippen molar-refractivity contribution in [3.63, 3.8) is 0 Å². The summed E-state index contributed by atoms with van der Waals surface area (Å²) >= 11 is 0. The standard InChI is InChI=1S/C19H20N2O/c1-13-8-9-17(10-14(13)2)21-18(22)15-6-5-7-16(11-15)19(3,4)12-20/h5-11H,1-4H3,(H,21,22). The molecule has 1 N–H and O–H groups in total. The first-order valence-corrected chi connectivity index (χ1v) is 7.24. The van der Waals surface area contributed by atoms with Crippen LogP contribution in [0, 0.1) is 25.2 Å². The average Bonchev–Trinajstić information content (AvgIpc) is 2.51. The number of aryl methyl sites for hydroxylation is 2. The highest BCUT2D eigenvalue weighted by atomic mass is 16.1. The first-order chi connectivity index (χ1) is 10.3. The topological polar surface area (TPSA) is 52.9 Å². The fourth-order valence-electron chi connectivity index (χ4n) is 2.14. The van der Waals surface area contributed by atoms with Crippen LogP contribution in [0.15, 0.2) is 42.5 Å². The number of nitrogens with one attached hydrogen (secondary N) is 1. The van der Waals surface area contributed by atoms with Crippen LogP contribution < -0.4 is 5.32 Å². The van der Waals surface area contributed by atoms with Gasteiger partial charge in [-0.2, -0.15) is 5.26 Å². The van der Waals surface area contributed by atoms with E-state index in [2.05, 4.69) is 11.4 Å². The molecule has 2 aromatic carbocycles. The molecule has 0 aliphatic heterocycles. The minimum absolute atomic E-state index is 0.168. The van der Waals surface area contributed by atoms with Crippen LogP contribution >= 0.6 is 0 Å². The Balaban J connectivity index is 2.25. The molecule has 0 atom stereocenters. The van der Waals surface area contributed by atoms with E-state index in [0.29, 0.717) is 5.56 Å². The molecule has 0 unspecified atom stereocenters. The smallest absolute Gasteiger partial charge is 0.255 e. The summed E-state index contributed by atoms with van der Waals surface area (Å²) in [6, 6.07) is 15.3. The van der Waals surface area contributed by atoms with Gasteiger partial charge >= 0.3 is 0 Å². The molecule has 0 radical (unpaired) electrons. The molecule has 1 amide bonds. The number of hydrogen-bond donors (Lipinski definition) is 1. The van der Waals surface area contributed by atoms with E-state index in [-0.39, 0.29) is 5.91 Å². The molecule has 0 aromatic heterocycles. The van der Waals surface area contributed by atoms with Gasteiger partial charge in [0.25, 0.3) is 5.91 Å². The highest BCUT2D eigenvalue weighted by molar-refractivity contribution is 6.04. The Hall–Kier alpha value is -2.60. The molecule has 0 spiro atoms. The van der Waals surface area contributed by atoms with Gasteiger partial charge in [0.15, 0.2) is 0 Å². The Morgan fingerprint density at radius 2 is 1.82 bits per heavy atom. The zero-order chi connectivity index (χ0) is 16.3. The first-order valence-electron chi connectivity index (χ1n) is 7.24. The third-order valence-electron chi connectivity index (χ3n) is 3.89. The fraction of sp³-hybridized carbons (Fsp3) is 0.263. The van der Waals surface area contributed by atoms with Gasteiger partial charge in [0.1, 0.15) is 0 Å². The molecule has 0 heterocycles. The van der Waals surface area contributed by atoms with E-state index >= 15 is 0 Å². The molecule has 0 aliphatic carbocycles. The van der Waals surface area contributed by atoms with Gasteiger partial charge in [0.05, 0.1) is 11.5 Å². The van der Waals surface area contributed by atoms with E-state index in [9.17, 15) is 10.1 Å². The molecule has 0 saturated heterocycles. The molecule has 22 heavy (non-hydrogen) atoms. The summed E-state index contributed by atoms with van der Waals surface area (Å²) in [6.45, 7) is 7.73. The van der Waals surface area contributed by atoms with Crippen molar-refractivity contribution >= 4 is 11.6 Å². The van der Waals surface area contributed by atoms with Gasteiger partial charge in [-0.1, -0.05) is 18.2 Å². The molecule has 2 aromatic rings. The van der Waals surface area contributed by atoms with Gasteiger partial charge in [0, 0.05) is 11.3 Å². The van der Waals surface area contributed by atoms with Gasteiger partial charge in [0.2, 0.25) is 0 Å². The van der Waals surface area contributed by atoms with Gasteiger partial charge in [-0.25, -0.2) is 0 Å². The molecule has 0 saturated carbocycles. The van der Waals surface area contributed by atoms with E-state index in [0.717, 1.165) is 16.8 Å². The SMILES string of the molecule is Cc1ccc(NC(=O)c2cccc(C(C)(C)C#N)c2)cc1C. The second-order valence-corrected chi connectivity index (χ2v) is 6.07. The maximum Gasteiger partial charge on any atom is 0.255 e. The van der Waals surface area contributed by atoms with Crippen molar-refractivity contribution < 1.29 is 4.79 Å². The highest BCUT2D eigenvalue weighted by Crippen LogP contribution is 2.23. The number of nitriles is 1. The number of anilines is 1. The van der Waals surface area contributed by atoms with Crippen LogP contribution in [0.25, 0.3) is 0 Å². The lowest BCUT2D eigenvalue weighted by atomic mass is 9.85. The maximum absolute atomic E-state index is 12.4. The van der Waals surface area contributed by atoms with Gasteiger partial charge in [-0.15, -0.1) is 0 Å². The molecule has 0 aliphatic rings. The summed E-state index contributed by atoms with van der Waals surface area (Å²) in [5.41, 5.74) is 3.88. The lowest BCUT2D eigenvalue weighted by molar-refractivity contribution is 0.102. The minimum atomic E-state index is -0.614. The lowest BCUT2D eigenvalue weighted by Crippen LogP contribution is -2.17. The number of amides is 1. The summed E-state index contributed by atoms with van der Waals surface area (Å²) in [5.74, 6) is -0.168. The van der Waals surface area contributed by atoms with Crippen molar-refractivity contribution in [2.75, 3.05) is 5.32 Å². The van der Waals surface area contributed by atoms with Crippen LogP contribution in [-0.2, 0) is 5.41 Å². The highest BCUT2D eigenvalue weighted by Gasteiger charge is 2.20. The number of rotatable bonds is 3. The summed E-state index contributed by atoms with van der Waals surface area (Å²) in [4.78, 5) is 12.4. The predicted molar refractivity (Wildman–Crippen MR) is 89.0 cm³/mol. The molecular weight excluding hydrogens is 272 g/mol. The Labute approximate surface area is 131 Å². The second-order valence-electron chi connectivity index (χ2n) is 6.07. The van der Waals surface area contributed by atoms with Crippen LogP contribution in [0.5, 0.6) is 0 Å². The largest absolute Gasteiger partial charge is 0.322 e. The predicted octanol–water partition coefficient (Wildman–Crippen LogP) is 4.36. The van der Waals surface area contributed by atoms with Gasteiger partial charge < -0.3 is 5.32 Å². The summed E-state index contributed by atoms with van der Waals surface area (Å²) in [6.07, 6.45) is 0. The molecule has 112 valence electrons. The van der Waals surface area contributed by atoms with Crippen molar-refractivity contribution in [3.8, 4) is 6.07 Å². The second kappa shape index (κ2) is 6.03. The van der Waals surface area contributed by atoms with E-state index < -0.39 is 5.41 Å². The zero-order valence-corrected chi connectivity index (χ0v) is 13.4. The third kappa shape index (κ3) is 3.35. The Bertz CT molecular complexity index is 754. The number of hydrogen-bond acceptors (Lipinski definition) is 2. The molecule has 3 nitrogen and oxygen atoms in total. The van der Waals surface area contributed by atoms with Crippen molar-refractivity contribution in [2.45, 2.75) is 33.1 Å². The molecular formula is C19H20N2O. The monoisotopic (exact) mass is 292 g/mol. The first kappa shape index (κ1) is 15.8. The average molecular weight is 292 g/mol. The Morgan fingerprint density at radius 1 is 1.09 bits per heavy atom. The van der Waals surface area contributed by atoms with Gasteiger partial charge in [-0.05, 0) is 68.7 Å². The fourth-order valence-corrected chi connectivity index (χ4v) is 2.14. The van der Waals surface area contributed by atoms with Crippen molar-refractivity contribution in [2.24, 2.45) is 0 Å². The number of carbonyl (C=O) groups is 1. The van der Waals surface area contributed by atoms with E-state index in [1.54, 1.807) is 12.1 Å². The van der Waals surface area contributed by atoms with E-state index in [1.165, 1.54) is 5.56 Å². The Kier molecular flexibility index (Phi) is 4.32. The number of benzene rings is 2. The molecule has 0 fully saturated rings. The third-order valence-corrected chi connectivity index (χ3v) is 3.89. The molecule has 2 rings (SSSR count). The Morgan fingerprint density at radius 3 is 2.45 bits per heavy atom.